The van der Waals surface area contributed by atoms with Crippen LogP contribution in [0.3, 0.4) is 0 Å². The fraction of sp³-hybridized carbons (Fsp3) is 0.0312. The molecule has 0 radical (unpaired) electrons. The van der Waals surface area contributed by atoms with Gasteiger partial charge in [0.15, 0.2) is 0 Å². The van der Waals surface area contributed by atoms with Gasteiger partial charge in [0.25, 0.3) is 6.71 Å². The number of anilines is 6. The molecule has 0 saturated carbocycles. The normalized spacial score (nSPS) is 13.4. The second-order valence-electron chi connectivity index (χ2n) is 19.6. The van der Waals surface area contributed by atoms with Gasteiger partial charge in [-0.3, -0.25) is 0 Å². The Labute approximate surface area is 414 Å². The molecule has 0 unspecified atom stereocenters. The van der Waals surface area contributed by atoms with Crippen molar-refractivity contribution in [2.75, 3.05) is 9.80 Å². The predicted molar refractivity (Wildman–Crippen MR) is 298 cm³/mol. The van der Waals surface area contributed by atoms with Gasteiger partial charge in [-0.15, -0.1) is 0 Å². The van der Waals surface area contributed by atoms with E-state index in [1.807, 2.05) is 26.0 Å². The van der Waals surface area contributed by atoms with Gasteiger partial charge in [-0.2, -0.15) is 0 Å². The van der Waals surface area contributed by atoms with Crippen molar-refractivity contribution in [1.82, 2.24) is 0 Å². The number of benzene rings is 9. The summed E-state index contributed by atoms with van der Waals surface area (Å²) in [5, 5.41) is 0. The Morgan fingerprint density at radius 2 is 0.718 bits per heavy atom. The third-order valence-electron chi connectivity index (χ3n) is 15.6. The Kier molecular flexibility index (Phi) is 8.74. The zero-order valence-corrected chi connectivity index (χ0v) is 39.3. The minimum Gasteiger partial charge on any atom is -0.461 e. The van der Waals surface area contributed by atoms with Crippen LogP contribution >= 0.6 is 0 Å². The van der Waals surface area contributed by atoms with Gasteiger partial charge in [-0.25, -0.2) is 0 Å². The standard InChI is InChI=1S/C64H43B3N2O2/c1-40-23-35-60(70-40)44-29-25-42(26-30-44)46-33-34-57-53(37-46)66(49-15-7-4-8-16-49)51-18-11-19-52-63(51)69(57)59-22-12-21-58-62(59)67(52)55-39-47(43-27-31-45(32-28-43)61-36-24-41(2)71-61)38-54-64(55)68(58)56-20-10-9-17-50(56)65(54)48-13-5-3-6-14-48/h3-39H,1-2H3. The van der Waals surface area contributed by atoms with E-state index in [1.54, 1.807) is 0 Å². The van der Waals surface area contributed by atoms with Crippen LogP contribution in [0.1, 0.15) is 11.5 Å². The first-order chi connectivity index (χ1) is 35.0. The van der Waals surface area contributed by atoms with Crippen LogP contribution in [0.5, 0.6) is 0 Å². The minimum absolute atomic E-state index is 0.0126. The molecule has 0 saturated heterocycles. The zero-order chi connectivity index (χ0) is 46.9. The van der Waals surface area contributed by atoms with Gasteiger partial charge in [0, 0.05) is 45.3 Å². The number of aryl methyl sites for hydroxylation is 2. The average Bonchev–Trinajstić information content (AvgIpc) is 4.08. The van der Waals surface area contributed by atoms with E-state index in [-0.39, 0.29) is 20.1 Å². The van der Waals surface area contributed by atoms with Gasteiger partial charge >= 0.3 is 0 Å². The van der Waals surface area contributed by atoms with Gasteiger partial charge in [0.05, 0.1) is 0 Å². The van der Waals surface area contributed by atoms with Crippen molar-refractivity contribution in [3.05, 3.63) is 236 Å². The second-order valence-corrected chi connectivity index (χ2v) is 19.6. The van der Waals surface area contributed by atoms with Crippen LogP contribution in [0.25, 0.3) is 44.9 Å². The Bertz CT molecular complexity index is 3940. The van der Waals surface area contributed by atoms with Crippen molar-refractivity contribution in [3.63, 3.8) is 0 Å². The molecule has 0 atom stereocenters. The van der Waals surface area contributed by atoms with Crippen LogP contribution in [0.2, 0.25) is 0 Å². The highest BCUT2D eigenvalue weighted by molar-refractivity contribution is 7.05. The summed E-state index contributed by atoms with van der Waals surface area (Å²) in [7, 11) is 0. The molecule has 7 heteroatoms. The Morgan fingerprint density at radius 1 is 0.296 bits per heavy atom. The van der Waals surface area contributed by atoms with E-state index in [4.69, 9.17) is 8.83 Å². The summed E-state index contributed by atoms with van der Waals surface area (Å²) in [6.45, 7) is 4.01. The molecule has 4 aliphatic heterocycles. The first kappa shape index (κ1) is 40.2. The molecule has 0 spiro atoms. The fourth-order valence-corrected chi connectivity index (χ4v) is 12.6. The van der Waals surface area contributed by atoms with Gasteiger partial charge in [0.1, 0.15) is 23.0 Å². The molecule has 0 bridgehead atoms. The van der Waals surface area contributed by atoms with Crippen LogP contribution in [0.4, 0.5) is 34.1 Å². The van der Waals surface area contributed by atoms with Crippen LogP contribution < -0.4 is 59.0 Å². The summed E-state index contributed by atoms with van der Waals surface area (Å²) < 4.78 is 12.1. The lowest BCUT2D eigenvalue weighted by molar-refractivity contribution is 0.548. The molecule has 11 aromatic rings. The first-order valence-electron chi connectivity index (χ1n) is 24.7. The van der Waals surface area contributed by atoms with E-state index in [0.29, 0.717) is 0 Å². The van der Waals surface area contributed by atoms with E-state index in [2.05, 4.69) is 222 Å². The van der Waals surface area contributed by atoms with Gasteiger partial charge < -0.3 is 18.6 Å². The summed E-state index contributed by atoms with van der Waals surface area (Å²) >= 11 is 0. The summed E-state index contributed by atoms with van der Waals surface area (Å²) in [5.41, 5.74) is 26.2. The van der Waals surface area contributed by atoms with Gasteiger partial charge in [0.2, 0.25) is 13.4 Å². The number of furan rings is 2. The number of nitrogens with zero attached hydrogens (tertiary/aromatic N) is 2. The van der Waals surface area contributed by atoms with Crippen LogP contribution in [0, 0.1) is 13.8 Å². The second kappa shape index (κ2) is 15.4. The Hall–Kier alpha value is -8.67. The van der Waals surface area contributed by atoms with Crippen molar-refractivity contribution in [3.8, 4) is 44.9 Å². The maximum absolute atomic E-state index is 6.08. The molecular formula is C64H43B3N2O2. The summed E-state index contributed by atoms with van der Waals surface area (Å²) in [5.74, 6) is 3.60. The Morgan fingerprint density at radius 3 is 1.31 bits per heavy atom. The molecule has 330 valence electrons. The molecule has 0 N–H and O–H groups in total. The monoisotopic (exact) mass is 904 g/mol. The number of hydrogen-bond acceptors (Lipinski definition) is 4. The molecule has 4 nitrogen and oxygen atoms in total. The molecule has 0 aliphatic carbocycles. The van der Waals surface area contributed by atoms with E-state index in [1.165, 1.54) is 106 Å². The summed E-state index contributed by atoms with van der Waals surface area (Å²) in [6, 6.07) is 83.6. The molecule has 2 aromatic heterocycles. The van der Waals surface area contributed by atoms with E-state index < -0.39 is 0 Å². The third-order valence-corrected chi connectivity index (χ3v) is 15.6. The lowest BCUT2D eigenvalue weighted by Crippen LogP contribution is -2.69. The van der Waals surface area contributed by atoms with Crippen LogP contribution in [0.15, 0.2) is 233 Å². The lowest BCUT2D eigenvalue weighted by atomic mass is 9.28. The number of para-hydroxylation sites is 2. The van der Waals surface area contributed by atoms with Crippen molar-refractivity contribution in [1.29, 1.82) is 0 Å². The number of hydrogen-bond donors (Lipinski definition) is 0. The van der Waals surface area contributed by atoms with Gasteiger partial charge in [-0.05, 0) is 123 Å². The average molecular weight is 904 g/mol. The molecular weight excluding hydrogens is 861 g/mol. The van der Waals surface area contributed by atoms with Crippen LogP contribution in [-0.4, -0.2) is 20.1 Å². The summed E-state index contributed by atoms with van der Waals surface area (Å²) in [4.78, 5) is 5.21. The predicted octanol–water partition coefficient (Wildman–Crippen LogP) is 9.90. The Balaban J connectivity index is 0.969. The topological polar surface area (TPSA) is 32.8 Å². The van der Waals surface area contributed by atoms with E-state index in [0.717, 1.165) is 34.2 Å². The molecule has 6 heterocycles. The van der Waals surface area contributed by atoms with Crippen molar-refractivity contribution >= 4 is 103 Å². The van der Waals surface area contributed by atoms with Crippen LogP contribution in [-0.2, 0) is 0 Å². The molecule has 15 rings (SSSR count). The van der Waals surface area contributed by atoms with Crippen molar-refractivity contribution in [2.24, 2.45) is 0 Å². The smallest absolute Gasteiger partial charge is 0.252 e. The van der Waals surface area contributed by atoms with Gasteiger partial charge in [-0.1, -0.05) is 187 Å². The quantitative estimate of drug-likeness (QED) is 0.156. The molecule has 0 amide bonds. The third kappa shape index (κ3) is 6.02. The highest BCUT2D eigenvalue weighted by Crippen LogP contribution is 2.46. The highest BCUT2D eigenvalue weighted by Gasteiger charge is 2.50. The molecule has 4 aliphatic rings. The maximum atomic E-state index is 6.08. The SMILES string of the molecule is Cc1ccc(-c2ccc(-c3ccc4c(c3)B(c3ccccc3)c3cccc5c3N4c3cccc4c3B5c3cc(-c5ccc(-c6ccc(C)o6)cc5)cc5c3N4c3ccccc3B5c3ccccc3)cc2)o1. The van der Waals surface area contributed by atoms with Crippen molar-refractivity contribution in [2.45, 2.75) is 13.8 Å². The first-order valence-corrected chi connectivity index (χ1v) is 24.7. The molecule has 9 aromatic carbocycles. The zero-order valence-electron chi connectivity index (χ0n) is 39.3. The molecule has 71 heavy (non-hydrogen) atoms. The summed E-state index contributed by atoms with van der Waals surface area (Å²) in [6.07, 6.45) is 0. The van der Waals surface area contributed by atoms with Crippen molar-refractivity contribution < 1.29 is 8.83 Å². The van der Waals surface area contributed by atoms with E-state index in [9.17, 15) is 0 Å². The minimum atomic E-state index is -0.0295. The largest absolute Gasteiger partial charge is 0.461 e. The number of fused-ring (bicyclic) bond motifs is 8. The van der Waals surface area contributed by atoms with E-state index >= 15 is 0 Å². The maximum Gasteiger partial charge on any atom is 0.252 e. The lowest BCUT2D eigenvalue weighted by Gasteiger charge is -2.49. The number of rotatable bonds is 6. The highest BCUT2D eigenvalue weighted by atomic mass is 16.3. The fourth-order valence-electron chi connectivity index (χ4n) is 12.6. The molecule has 0 fully saturated rings.